The Morgan fingerprint density at radius 3 is 2.31 bits per heavy atom. The second-order valence-corrected chi connectivity index (χ2v) is 7.19. The van der Waals surface area contributed by atoms with Crippen LogP contribution in [-0.2, 0) is 5.60 Å². The summed E-state index contributed by atoms with van der Waals surface area (Å²) in [6, 6.07) is 18.3. The summed E-state index contributed by atoms with van der Waals surface area (Å²) < 4.78 is 44.2. The van der Waals surface area contributed by atoms with Gasteiger partial charge in [-0.15, -0.1) is 0 Å². The lowest BCUT2D eigenvalue weighted by Crippen LogP contribution is -2.44. The van der Waals surface area contributed by atoms with Crippen LogP contribution in [0.25, 0.3) is 16.6 Å². The zero-order valence-electron chi connectivity index (χ0n) is 15.9. The molecule has 3 nitrogen and oxygen atoms in total. The molecule has 0 amide bonds. The molecule has 0 spiro atoms. The maximum Gasteiger partial charge on any atom is 0.425 e. The second kappa shape index (κ2) is 6.74. The minimum absolute atomic E-state index is 0.167. The Morgan fingerprint density at radius 2 is 1.62 bits per heavy atom. The number of aryl methyl sites for hydroxylation is 2. The van der Waals surface area contributed by atoms with Crippen molar-refractivity contribution in [1.29, 1.82) is 0 Å². The van der Waals surface area contributed by atoms with Gasteiger partial charge in [-0.3, -0.25) is 0 Å². The first kappa shape index (κ1) is 19.2. The monoisotopic (exact) mass is 396 g/mol. The molecular formula is C23H19F3N2O. The number of aromatic nitrogens is 2. The van der Waals surface area contributed by atoms with Crippen molar-refractivity contribution >= 4 is 10.9 Å². The van der Waals surface area contributed by atoms with E-state index in [1.807, 2.05) is 30.3 Å². The largest absolute Gasteiger partial charge is 0.425 e. The Hall–Kier alpha value is -3.12. The molecule has 0 radical (unpaired) electrons. The Labute approximate surface area is 166 Å². The number of hydrogen-bond donors (Lipinski definition) is 1. The van der Waals surface area contributed by atoms with Gasteiger partial charge in [-0.1, -0.05) is 48.0 Å². The Balaban J connectivity index is 1.92. The van der Waals surface area contributed by atoms with E-state index < -0.39 is 11.8 Å². The first-order valence-electron chi connectivity index (χ1n) is 9.12. The van der Waals surface area contributed by atoms with Crippen molar-refractivity contribution in [1.82, 2.24) is 9.78 Å². The van der Waals surface area contributed by atoms with Crippen molar-refractivity contribution in [2.24, 2.45) is 0 Å². The van der Waals surface area contributed by atoms with Crippen molar-refractivity contribution in [2.45, 2.75) is 25.6 Å². The van der Waals surface area contributed by atoms with E-state index >= 15 is 0 Å². The third-order valence-corrected chi connectivity index (χ3v) is 5.18. The summed E-state index contributed by atoms with van der Waals surface area (Å²) in [4.78, 5) is 0. The molecule has 0 saturated heterocycles. The van der Waals surface area contributed by atoms with Gasteiger partial charge in [0, 0.05) is 10.9 Å². The highest BCUT2D eigenvalue weighted by molar-refractivity contribution is 5.81. The predicted octanol–water partition coefficient (Wildman–Crippen LogP) is 5.44. The van der Waals surface area contributed by atoms with Gasteiger partial charge < -0.3 is 5.11 Å². The highest BCUT2D eigenvalue weighted by atomic mass is 19.4. The molecular weight excluding hydrogens is 377 g/mol. The molecule has 4 aromatic rings. The molecule has 1 N–H and O–H groups in total. The van der Waals surface area contributed by atoms with Gasteiger partial charge in [0.25, 0.3) is 0 Å². The van der Waals surface area contributed by atoms with Gasteiger partial charge in [-0.25, -0.2) is 4.68 Å². The zero-order valence-corrected chi connectivity index (χ0v) is 15.9. The first-order chi connectivity index (χ1) is 13.7. The van der Waals surface area contributed by atoms with Crippen LogP contribution in [0, 0.1) is 13.8 Å². The molecule has 6 heteroatoms. The fraction of sp³-hybridized carbons (Fsp3) is 0.174. The van der Waals surface area contributed by atoms with Crippen LogP contribution in [0.15, 0.2) is 72.9 Å². The molecule has 1 heterocycles. The summed E-state index contributed by atoms with van der Waals surface area (Å²) in [6.45, 7) is 3.27. The van der Waals surface area contributed by atoms with Gasteiger partial charge in [-0.2, -0.15) is 18.3 Å². The number of benzene rings is 3. The van der Waals surface area contributed by atoms with E-state index in [-0.39, 0.29) is 11.1 Å². The summed E-state index contributed by atoms with van der Waals surface area (Å²) in [6.07, 6.45) is -3.39. The molecule has 0 aliphatic carbocycles. The van der Waals surface area contributed by atoms with E-state index in [0.29, 0.717) is 22.0 Å². The molecule has 29 heavy (non-hydrogen) atoms. The van der Waals surface area contributed by atoms with Gasteiger partial charge in [-0.05, 0) is 49.2 Å². The molecule has 0 aliphatic heterocycles. The highest BCUT2D eigenvalue weighted by Crippen LogP contribution is 2.46. The third-order valence-electron chi connectivity index (χ3n) is 5.18. The summed E-state index contributed by atoms with van der Waals surface area (Å²) in [7, 11) is 0. The minimum Gasteiger partial charge on any atom is -0.372 e. The summed E-state index contributed by atoms with van der Waals surface area (Å²) >= 11 is 0. The molecule has 3 aromatic carbocycles. The third kappa shape index (κ3) is 3.09. The summed E-state index contributed by atoms with van der Waals surface area (Å²) in [5, 5.41) is 15.8. The maximum absolute atomic E-state index is 14.2. The number of halogens is 3. The quantitative estimate of drug-likeness (QED) is 0.501. The van der Waals surface area contributed by atoms with Gasteiger partial charge in [0.05, 0.1) is 17.4 Å². The molecule has 0 fully saturated rings. The normalized spacial score (nSPS) is 14.1. The molecule has 0 saturated carbocycles. The maximum atomic E-state index is 14.2. The second-order valence-electron chi connectivity index (χ2n) is 7.19. The Bertz CT molecular complexity index is 1180. The van der Waals surface area contributed by atoms with Crippen molar-refractivity contribution in [2.75, 3.05) is 0 Å². The van der Waals surface area contributed by atoms with E-state index in [4.69, 9.17) is 0 Å². The van der Waals surface area contributed by atoms with E-state index in [9.17, 15) is 18.3 Å². The van der Waals surface area contributed by atoms with Crippen LogP contribution < -0.4 is 0 Å². The topological polar surface area (TPSA) is 38.1 Å². The van der Waals surface area contributed by atoms with E-state index in [1.165, 1.54) is 24.4 Å². The number of alkyl halides is 3. The van der Waals surface area contributed by atoms with Crippen LogP contribution in [0.4, 0.5) is 13.2 Å². The molecule has 4 rings (SSSR count). The highest BCUT2D eigenvalue weighted by Gasteiger charge is 2.57. The standard InChI is InChI=1S/C23H19F3N2O/c1-15-8-9-16(2)20(12-15)22(29,23(24,25)26)18-10-11-21-17(13-18)14-27-28(21)19-6-4-3-5-7-19/h3-14,29H,1-2H3. The number of nitrogens with zero attached hydrogens (tertiary/aromatic N) is 2. The fourth-order valence-corrected chi connectivity index (χ4v) is 3.63. The van der Waals surface area contributed by atoms with Crippen LogP contribution in [0.1, 0.15) is 22.3 Å². The number of hydrogen-bond acceptors (Lipinski definition) is 2. The number of para-hydroxylation sites is 1. The number of rotatable bonds is 3. The lowest BCUT2D eigenvalue weighted by molar-refractivity contribution is -0.248. The molecule has 0 aliphatic rings. The summed E-state index contributed by atoms with van der Waals surface area (Å²) in [5.41, 5.74) is -1.05. The minimum atomic E-state index is -4.89. The van der Waals surface area contributed by atoms with E-state index in [2.05, 4.69) is 5.10 Å². The van der Waals surface area contributed by atoms with Crippen LogP contribution in [0.5, 0.6) is 0 Å². The average Bonchev–Trinajstić information content (AvgIpc) is 3.12. The Morgan fingerprint density at radius 1 is 0.897 bits per heavy atom. The lowest BCUT2D eigenvalue weighted by atomic mass is 9.82. The van der Waals surface area contributed by atoms with Crippen molar-refractivity contribution in [3.05, 3.63) is 95.2 Å². The lowest BCUT2D eigenvalue weighted by Gasteiger charge is -2.33. The van der Waals surface area contributed by atoms with Crippen molar-refractivity contribution in [3.63, 3.8) is 0 Å². The zero-order chi connectivity index (χ0) is 20.8. The van der Waals surface area contributed by atoms with Gasteiger partial charge in [0.15, 0.2) is 0 Å². The number of fused-ring (bicyclic) bond motifs is 1. The van der Waals surface area contributed by atoms with Crippen LogP contribution in [0.3, 0.4) is 0 Å². The Kier molecular flexibility index (Phi) is 4.46. The van der Waals surface area contributed by atoms with E-state index in [0.717, 1.165) is 5.69 Å². The summed E-state index contributed by atoms with van der Waals surface area (Å²) in [5.74, 6) is 0. The van der Waals surface area contributed by atoms with Crippen LogP contribution in [0.2, 0.25) is 0 Å². The van der Waals surface area contributed by atoms with Gasteiger partial charge in [0.2, 0.25) is 5.60 Å². The smallest absolute Gasteiger partial charge is 0.372 e. The predicted molar refractivity (Wildman–Crippen MR) is 106 cm³/mol. The number of aliphatic hydroxyl groups is 1. The van der Waals surface area contributed by atoms with Crippen molar-refractivity contribution in [3.8, 4) is 5.69 Å². The fourth-order valence-electron chi connectivity index (χ4n) is 3.63. The molecule has 0 bridgehead atoms. The van der Waals surface area contributed by atoms with Crippen LogP contribution in [-0.4, -0.2) is 21.1 Å². The average molecular weight is 396 g/mol. The van der Waals surface area contributed by atoms with E-state index in [1.54, 1.807) is 36.7 Å². The first-order valence-corrected chi connectivity index (χ1v) is 9.12. The molecule has 1 atom stereocenters. The molecule has 1 aromatic heterocycles. The van der Waals surface area contributed by atoms with Gasteiger partial charge >= 0.3 is 6.18 Å². The van der Waals surface area contributed by atoms with Gasteiger partial charge in [0.1, 0.15) is 0 Å². The van der Waals surface area contributed by atoms with Crippen LogP contribution >= 0.6 is 0 Å². The van der Waals surface area contributed by atoms with Crippen molar-refractivity contribution < 1.29 is 18.3 Å². The molecule has 1 unspecified atom stereocenters. The molecule has 148 valence electrons. The SMILES string of the molecule is Cc1ccc(C)c(C(O)(c2ccc3c(cnn3-c3ccccc3)c2)C(F)(F)F)c1.